The van der Waals surface area contributed by atoms with E-state index in [1.54, 1.807) is 11.8 Å². The smallest absolute Gasteiger partial charge is 0.282 e. The SMILES string of the molecule is CSc1ccc(C[NH+](C)CC(=O)N2CCc3ccccc32)cc1. The van der Waals surface area contributed by atoms with Gasteiger partial charge in [0.2, 0.25) is 0 Å². The molecule has 4 heteroatoms. The largest absolute Gasteiger partial charge is 0.326 e. The number of anilines is 1. The number of nitrogens with one attached hydrogen (secondary N) is 1. The molecule has 3 nitrogen and oxygen atoms in total. The molecular formula is C19H23N2OS+. The Morgan fingerprint density at radius 2 is 1.91 bits per heavy atom. The van der Waals surface area contributed by atoms with Crippen LogP contribution in [0, 0.1) is 0 Å². The van der Waals surface area contributed by atoms with Gasteiger partial charge in [-0.15, -0.1) is 11.8 Å². The number of thioether (sulfide) groups is 1. The van der Waals surface area contributed by atoms with Crippen molar-refractivity contribution in [2.45, 2.75) is 17.9 Å². The van der Waals surface area contributed by atoms with Gasteiger partial charge in [-0.3, -0.25) is 4.79 Å². The van der Waals surface area contributed by atoms with Crippen LogP contribution in [0.2, 0.25) is 0 Å². The molecule has 1 heterocycles. The highest BCUT2D eigenvalue weighted by Gasteiger charge is 2.26. The molecule has 0 fully saturated rings. The van der Waals surface area contributed by atoms with Crippen LogP contribution in [0.5, 0.6) is 0 Å². The molecule has 0 bridgehead atoms. The Balaban J connectivity index is 1.59. The van der Waals surface area contributed by atoms with E-state index in [0.717, 1.165) is 25.2 Å². The van der Waals surface area contributed by atoms with E-state index in [4.69, 9.17) is 0 Å². The number of benzene rings is 2. The van der Waals surface area contributed by atoms with Crippen molar-refractivity contribution in [3.63, 3.8) is 0 Å². The number of hydrogen-bond donors (Lipinski definition) is 1. The third-order valence-corrected chi connectivity index (χ3v) is 5.05. The zero-order valence-corrected chi connectivity index (χ0v) is 14.5. The summed E-state index contributed by atoms with van der Waals surface area (Å²) in [6.07, 6.45) is 3.05. The van der Waals surface area contributed by atoms with Crippen LogP contribution in [0.1, 0.15) is 11.1 Å². The zero-order chi connectivity index (χ0) is 16.2. The van der Waals surface area contributed by atoms with Crippen LogP contribution in [-0.2, 0) is 17.8 Å². The number of nitrogens with zero attached hydrogens (tertiary/aromatic N) is 1. The van der Waals surface area contributed by atoms with Gasteiger partial charge in [0.25, 0.3) is 5.91 Å². The topological polar surface area (TPSA) is 24.8 Å². The fourth-order valence-corrected chi connectivity index (χ4v) is 3.51. The van der Waals surface area contributed by atoms with Crippen molar-refractivity contribution >= 4 is 23.4 Å². The van der Waals surface area contributed by atoms with Gasteiger partial charge in [0.05, 0.1) is 7.05 Å². The maximum atomic E-state index is 12.6. The first-order chi connectivity index (χ1) is 11.2. The van der Waals surface area contributed by atoms with Crippen molar-refractivity contribution < 1.29 is 9.69 Å². The molecule has 2 aromatic carbocycles. The molecule has 1 unspecified atom stereocenters. The molecule has 0 aromatic heterocycles. The minimum Gasteiger partial charge on any atom is -0.326 e. The lowest BCUT2D eigenvalue weighted by atomic mass is 10.2. The van der Waals surface area contributed by atoms with E-state index in [9.17, 15) is 4.79 Å². The van der Waals surface area contributed by atoms with Gasteiger partial charge < -0.3 is 9.80 Å². The lowest BCUT2D eigenvalue weighted by Crippen LogP contribution is -3.08. The number of fused-ring (bicyclic) bond motifs is 1. The van der Waals surface area contributed by atoms with Gasteiger partial charge in [0.15, 0.2) is 6.54 Å². The molecule has 1 N–H and O–H groups in total. The quantitative estimate of drug-likeness (QED) is 0.850. The lowest BCUT2D eigenvalue weighted by Gasteiger charge is -2.20. The highest BCUT2D eigenvalue weighted by molar-refractivity contribution is 7.98. The van der Waals surface area contributed by atoms with E-state index in [1.165, 1.54) is 20.9 Å². The van der Waals surface area contributed by atoms with Crippen molar-refractivity contribution in [1.82, 2.24) is 0 Å². The molecule has 0 aliphatic carbocycles. The Morgan fingerprint density at radius 1 is 1.17 bits per heavy atom. The van der Waals surface area contributed by atoms with Gasteiger partial charge >= 0.3 is 0 Å². The molecule has 1 aliphatic rings. The average Bonchev–Trinajstić information content (AvgIpc) is 2.99. The molecule has 120 valence electrons. The fraction of sp³-hybridized carbons (Fsp3) is 0.316. The molecule has 1 atom stereocenters. The molecule has 2 aromatic rings. The van der Waals surface area contributed by atoms with Crippen LogP contribution in [0.15, 0.2) is 53.4 Å². The summed E-state index contributed by atoms with van der Waals surface area (Å²) in [5.41, 5.74) is 3.65. The van der Waals surface area contributed by atoms with Crippen LogP contribution < -0.4 is 9.80 Å². The van der Waals surface area contributed by atoms with Crippen LogP contribution in [-0.4, -0.2) is 32.3 Å². The molecule has 3 rings (SSSR count). The molecule has 0 saturated heterocycles. The first kappa shape index (κ1) is 16.1. The standard InChI is InChI=1S/C19H22N2OS/c1-20(13-15-7-9-17(23-2)10-8-15)14-19(22)21-12-11-16-5-3-4-6-18(16)21/h3-10H,11-14H2,1-2H3/p+1. The fourth-order valence-electron chi connectivity index (χ4n) is 3.11. The Kier molecular flexibility index (Phi) is 5.03. The minimum absolute atomic E-state index is 0.216. The molecule has 0 saturated carbocycles. The normalized spacial score (nSPS) is 14.6. The highest BCUT2D eigenvalue weighted by atomic mass is 32.2. The van der Waals surface area contributed by atoms with E-state index in [-0.39, 0.29) is 5.91 Å². The summed E-state index contributed by atoms with van der Waals surface area (Å²) in [7, 11) is 2.09. The van der Waals surface area contributed by atoms with Crippen molar-refractivity contribution in [1.29, 1.82) is 0 Å². The van der Waals surface area contributed by atoms with Gasteiger partial charge in [0, 0.05) is 22.7 Å². The molecule has 0 radical (unpaired) electrons. The summed E-state index contributed by atoms with van der Waals surface area (Å²) in [5.74, 6) is 0.216. The van der Waals surface area contributed by atoms with Crippen molar-refractivity contribution in [3.05, 3.63) is 59.7 Å². The number of likely N-dealkylation sites (N-methyl/N-ethyl adjacent to an activating group) is 1. The Morgan fingerprint density at radius 3 is 2.65 bits per heavy atom. The van der Waals surface area contributed by atoms with Crippen LogP contribution in [0.25, 0.3) is 0 Å². The second-order valence-corrected chi connectivity index (χ2v) is 6.96. The summed E-state index contributed by atoms with van der Waals surface area (Å²) in [6.45, 7) is 2.21. The third kappa shape index (κ3) is 3.77. The monoisotopic (exact) mass is 327 g/mol. The predicted octanol–water partition coefficient (Wildman–Crippen LogP) is 2.01. The van der Waals surface area contributed by atoms with Gasteiger partial charge in [-0.2, -0.15) is 0 Å². The maximum absolute atomic E-state index is 12.6. The Labute approximate surface area is 142 Å². The second kappa shape index (κ2) is 7.20. The first-order valence-electron chi connectivity index (χ1n) is 8.00. The summed E-state index contributed by atoms with van der Waals surface area (Å²) in [6, 6.07) is 16.8. The van der Waals surface area contributed by atoms with Gasteiger partial charge in [-0.1, -0.05) is 30.3 Å². The van der Waals surface area contributed by atoms with Gasteiger partial charge in [0.1, 0.15) is 6.54 Å². The van der Waals surface area contributed by atoms with E-state index in [1.807, 2.05) is 17.0 Å². The van der Waals surface area contributed by atoms with Crippen LogP contribution in [0.3, 0.4) is 0 Å². The molecule has 1 amide bonds. The lowest BCUT2D eigenvalue weighted by molar-refractivity contribution is -0.885. The van der Waals surface area contributed by atoms with E-state index >= 15 is 0 Å². The van der Waals surface area contributed by atoms with Gasteiger partial charge in [-0.05, 0) is 36.4 Å². The number of para-hydroxylation sites is 1. The predicted molar refractivity (Wildman–Crippen MR) is 96.2 cm³/mol. The van der Waals surface area contributed by atoms with Crippen molar-refractivity contribution in [3.8, 4) is 0 Å². The minimum atomic E-state index is 0.216. The van der Waals surface area contributed by atoms with E-state index < -0.39 is 0 Å². The van der Waals surface area contributed by atoms with Crippen molar-refractivity contribution in [2.24, 2.45) is 0 Å². The number of amides is 1. The number of quaternary nitrogens is 1. The van der Waals surface area contributed by atoms with Crippen LogP contribution >= 0.6 is 11.8 Å². The average molecular weight is 327 g/mol. The highest BCUT2D eigenvalue weighted by Crippen LogP contribution is 2.27. The number of rotatable bonds is 5. The Hall–Kier alpha value is -1.78. The van der Waals surface area contributed by atoms with Gasteiger partial charge in [-0.25, -0.2) is 0 Å². The molecular weight excluding hydrogens is 304 g/mol. The summed E-state index contributed by atoms with van der Waals surface area (Å²) >= 11 is 1.75. The Bertz CT molecular complexity index is 684. The van der Waals surface area contributed by atoms with Crippen molar-refractivity contribution in [2.75, 3.05) is 31.3 Å². The number of carbonyl (C=O) groups is 1. The van der Waals surface area contributed by atoms with Crippen LogP contribution in [0.4, 0.5) is 5.69 Å². The molecule has 1 aliphatic heterocycles. The van der Waals surface area contributed by atoms with E-state index in [2.05, 4.69) is 49.7 Å². The number of carbonyl (C=O) groups excluding carboxylic acids is 1. The molecule has 23 heavy (non-hydrogen) atoms. The van der Waals surface area contributed by atoms with E-state index in [0.29, 0.717) is 6.54 Å². The zero-order valence-electron chi connectivity index (χ0n) is 13.7. The first-order valence-corrected chi connectivity index (χ1v) is 9.22. The number of hydrogen-bond acceptors (Lipinski definition) is 2. The summed E-state index contributed by atoms with van der Waals surface area (Å²) in [4.78, 5) is 17.0. The third-order valence-electron chi connectivity index (χ3n) is 4.31. The second-order valence-electron chi connectivity index (χ2n) is 6.08. The summed E-state index contributed by atoms with van der Waals surface area (Å²) in [5, 5.41) is 0. The maximum Gasteiger partial charge on any atom is 0.282 e. The molecule has 0 spiro atoms. The summed E-state index contributed by atoms with van der Waals surface area (Å²) < 4.78 is 0.